The fourth-order valence-electron chi connectivity index (χ4n) is 2.88. The number of hydrogen-bond acceptors (Lipinski definition) is 3. The lowest BCUT2D eigenvalue weighted by molar-refractivity contribution is 0.448. The van der Waals surface area contributed by atoms with E-state index in [1.54, 1.807) is 18.2 Å². The largest absolute Gasteiger partial charge is 0.331 e. The van der Waals surface area contributed by atoms with E-state index in [0.29, 0.717) is 29.0 Å². The second kappa shape index (κ2) is 7.16. The van der Waals surface area contributed by atoms with Crippen molar-refractivity contribution < 1.29 is 21.6 Å². The summed E-state index contributed by atoms with van der Waals surface area (Å²) in [4.78, 5) is 0. The highest BCUT2D eigenvalue weighted by molar-refractivity contribution is 7.95. The molecule has 0 spiro atoms. The van der Waals surface area contributed by atoms with Crippen molar-refractivity contribution in [3.8, 4) is 0 Å². The predicted octanol–water partition coefficient (Wildman–Crippen LogP) is 3.31. The molecule has 2 aromatic carbocycles. The Labute approximate surface area is 150 Å². The van der Waals surface area contributed by atoms with Crippen molar-refractivity contribution in [1.29, 1.82) is 0 Å². The van der Waals surface area contributed by atoms with E-state index in [1.807, 2.05) is 6.92 Å². The first-order valence-electron chi connectivity index (χ1n) is 8.15. The first-order chi connectivity index (χ1) is 12.4. The van der Waals surface area contributed by atoms with Gasteiger partial charge in [0.25, 0.3) is 0 Å². The molecule has 1 N–H and O–H groups in total. The molecule has 0 amide bonds. The molecule has 26 heavy (non-hydrogen) atoms. The summed E-state index contributed by atoms with van der Waals surface area (Å²) >= 11 is 0. The van der Waals surface area contributed by atoms with Gasteiger partial charge < -0.3 is 5.32 Å². The van der Waals surface area contributed by atoms with Crippen LogP contribution in [0.2, 0.25) is 0 Å². The van der Waals surface area contributed by atoms with E-state index < -0.39 is 33.3 Å². The molecule has 3 rings (SSSR count). The van der Waals surface area contributed by atoms with Gasteiger partial charge in [-0.05, 0) is 43.8 Å². The van der Waals surface area contributed by atoms with Crippen LogP contribution >= 0.6 is 0 Å². The van der Waals surface area contributed by atoms with Gasteiger partial charge in [-0.3, -0.25) is 4.31 Å². The smallest absolute Gasteiger partial charge is 0.317 e. The highest BCUT2D eigenvalue weighted by Gasteiger charge is 2.42. The van der Waals surface area contributed by atoms with Gasteiger partial charge in [0.1, 0.15) is 0 Å². The van der Waals surface area contributed by atoms with Crippen molar-refractivity contribution in [2.24, 2.45) is 0 Å². The van der Waals surface area contributed by atoms with Gasteiger partial charge in [-0.1, -0.05) is 19.1 Å². The maximum absolute atomic E-state index is 14.3. The molecule has 2 aromatic rings. The lowest BCUT2D eigenvalue weighted by Crippen LogP contribution is -2.37. The van der Waals surface area contributed by atoms with Gasteiger partial charge in [-0.25, -0.2) is 17.5 Å². The van der Waals surface area contributed by atoms with Crippen LogP contribution in [-0.2, 0) is 10.2 Å². The number of anilines is 3. The molecule has 0 saturated heterocycles. The van der Waals surface area contributed by atoms with Crippen LogP contribution in [-0.4, -0.2) is 28.1 Å². The quantitative estimate of drug-likeness (QED) is 0.613. The maximum atomic E-state index is 14.3. The Balaban J connectivity index is 2.06. The maximum Gasteiger partial charge on any atom is 0.331 e. The van der Waals surface area contributed by atoms with E-state index in [4.69, 9.17) is 0 Å². The van der Waals surface area contributed by atoms with Crippen LogP contribution in [0.3, 0.4) is 0 Å². The Kier molecular flexibility index (Phi) is 5.10. The van der Waals surface area contributed by atoms with Gasteiger partial charge >= 0.3 is 10.2 Å². The number of nitrogens with one attached hydrogen (secondary N) is 1. The van der Waals surface area contributed by atoms with Crippen LogP contribution in [0.4, 0.5) is 30.2 Å². The van der Waals surface area contributed by atoms with Crippen LogP contribution in [0.5, 0.6) is 0 Å². The molecule has 1 heterocycles. The van der Waals surface area contributed by atoms with E-state index >= 15 is 0 Å². The summed E-state index contributed by atoms with van der Waals surface area (Å²) in [6.07, 6.45) is 0.537. The summed E-state index contributed by atoms with van der Waals surface area (Å²) in [7, 11) is -4.17. The Morgan fingerprint density at radius 2 is 1.65 bits per heavy atom. The number of benzene rings is 2. The second-order valence-corrected chi connectivity index (χ2v) is 7.44. The van der Waals surface area contributed by atoms with Gasteiger partial charge in [0.15, 0.2) is 17.5 Å². The number of halogens is 3. The third-order valence-electron chi connectivity index (χ3n) is 4.08. The Morgan fingerprint density at radius 3 is 2.35 bits per heavy atom. The number of hydrogen-bond donors (Lipinski definition) is 1. The number of nitrogens with zero attached hydrogens (tertiary/aromatic N) is 2. The SMILES string of the molecule is CCNCCCN1c2ccccc2N(c2ccc(F)c(F)c2F)S1(=O)=O. The van der Waals surface area contributed by atoms with E-state index in [1.165, 1.54) is 6.07 Å². The average molecular weight is 385 g/mol. The van der Waals surface area contributed by atoms with Crippen LogP contribution in [0.1, 0.15) is 13.3 Å². The zero-order chi connectivity index (χ0) is 18.9. The summed E-state index contributed by atoms with van der Waals surface area (Å²) in [6.45, 7) is 3.49. The molecule has 0 fully saturated rings. The Hall–Kier alpha value is -2.26. The molecule has 0 aliphatic carbocycles. The van der Waals surface area contributed by atoms with Crippen molar-refractivity contribution in [3.05, 3.63) is 53.8 Å². The molecule has 0 atom stereocenters. The normalized spacial score (nSPS) is 15.4. The molecule has 0 saturated carbocycles. The van der Waals surface area contributed by atoms with Gasteiger partial charge in [0, 0.05) is 6.54 Å². The molecular formula is C17H18F3N3O2S. The number of rotatable bonds is 6. The number of fused-ring (bicyclic) bond motifs is 1. The van der Waals surface area contributed by atoms with Crippen molar-refractivity contribution in [1.82, 2.24) is 5.32 Å². The third kappa shape index (κ3) is 3.01. The van der Waals surface area contributed by atoms with E-state index in [2.05, 4.69) is 5.32 Å². The van der Waals surface area contributed by atoms with Gasteiger partial charge in [-0.2, -0.15) is 8.42 Å². The Morgan fingerprint density at radius 1 is 0.962 bits per heavy atom. The molecule has 0 aromatic heterocycles. The molecular weight excluding hydrogens is 367 g/mol. The zero-order valence-corrected chi connectivity index (χ0v) is 14.9. The van der Waals surface area contributed by atoms with Crippen LogP contribution in [0.25, 0.3) is 0 Å². The fourth-order valence-corrected chi connectivity index (χ4v) is 4.63. The number of para-hydroxylation sites is 2. The van der Waals surface area contributed by atoms with Crippen molar-refractivity contribution in [2.45, 2.75) is 13.3 Å². The molecule has 9 heteroatoms. The average Bonchev–Trinajstić information content (AvgIpc) is 2.84. The fraction of sp³-hybridized carbons (Fsp3) is 0.294. The molecule has 1 aliphatic heterocycles. The molecule has 0 bridgehead atoms. The van der Waals surface area contributed by atoms with Crippen molar-refractivity contribution in [3.63, 3.8) is 0 Å². The van der Waals surface area contributed by atoms with Crippen LogP contribution < -0.4 is 13.9 Å². The standard InChI is InChI=1S/C17H18F3N3O2S/c1-2-21-10-5-11-22-13-6-3-4-7-14(13)23(26(22,24)25)15-9-8-12(18)16(19)17(15)20/h3-4,6-9,21H,2,5,10-11H2,1H3. The molecule has 140 valence electrons. The van der Waals surface area contributed by atoms with Crippen LogP contribution in [0.15, 0.2) is 36.4 Å². The van der Waals surface area contributed by atoms with E-state index in [9.17, 15) is 21.6 Å². The summed E-state index contributed by atoms with van der Waals surface area (Å²) < 4.78 is 69.1. The first-order valence-corrected chi connectivity index (χ1v) is 9.55. The minimum absolute atomic E-state index is 0.175. The van der Waals surface area contributed by atoms with Gasteiger partial charge in [-0.15, -0.1) is 0 Å². The summed E-state index contributed by atoms with van der Waals surface area (Å²) in [5.41, 5.74) is 0.0134. The monoisotopic (exact) mass is 385 g/mol. The molecule has 5 nitrogen and oxygen atoms in total. The second-order valence-electron chi connectivity index (χ2n) is 5.73. The highest BCUT2D eigenvalue weighted by Crippen LogP contribution is 2.46. The molecule has 0 unspecified atom stereocenters. The minimum atomic E-state index is -4.17. The minimum Gasteiger partial charge on any atom is -0.317 e. The van der Waals surface area contributed by atoms with Gasteiger partial charge in [0.05, 0.1) is 17.1 Å². The first kappa shape index (κ1) is 18.5. The van der Waals surface area contributed by atoms with Crippen molar-refractivity contribution in [2.75, 3.05) is 28.2 Å². The third-order valence-corrected chi connectivity index (χ3v) is 5.87. The topological polar surface area (TPSA) is 52.6 Å². The predicted molar refractivity (Wildman–Crippen MR) is 94.3 cm³/mol. The summed E-state index contributed by atoms with van der Waals surface area (Å²) in [6, 6.07) is 7.98. The van der Waals surface area contributed by atoms with Crippen LogP contribution in [0, 0.1) is 17.5 Å². The lowest BCUT2D eigenvalue weighted by atomic mass is 10.2. The summed E-state index contributed by atoms with van der Waals surface area (Å²) in [5, 5.41) is 3.10. The zero-order valence-electron chi connectivity index (χ0n) is 14.0. The highest BCUT2D eigenvalue weighted by atomic mass is 32.2. The molecule has 0 radical (unpaired) electrons. The van der Waals surface area contributed by atoms with E-state index in [0.717, 1.165) is 16.9 Å². The van der Waals surface area contributed by atoms with Gasteiger partial charge in [0.2, 0.25) is 0 Å². The lowest BCUT2D eigenvalue weighted by Gasteiger charge is -2.22. The Bertz CT molecular complexity index is 921. The summed E-state index contributed by atoms with van der Waals surface area (Å²) in [5.74, 6) is -4.63. The van der Waals surface area contributed by atoms with Crippen molar-refractivity contribution >= 4 is 27.3 Å². The molecule has 1 aliphatic rings. The van der Waals surface area contributed by atoms with E-state index in [-0.39, 0.29) is 12.2 Å².